The fourth-order valence-corrected chi connectivity index (χ4v) is 3.88. The fourth-order valence-electron chi connectivity index (χ4n) is 3.88. The zero-order chi connectivity index (χ0) is 16.4. The minimum Gasteiger partial charge on any atom is -0.496 e. The summed E-state index contributed by atoms with van der Waals surface area (Å²) in [5, 5.41) is 3.25. The molecule has 126 valence electrons. The lowest BCUT2D eigenvalue weighted by molar-refractivity contribution is -0.135. The summed E-state index contributed by atoms with van der Waals surface area (Å²) in [5.41, 5.74) is 1.95. The highest BCUT2D eigenvalue weighted by Gasteiger charge is 2.53. The molecule has 0 bridgehead atoms. The Hall–Kier alpha value is -1.55. The summed E-state index contributed by atoms with van der Waals surface area (Å²) in [7, 11) is 3.68. The van der Waals surface area contributed by atoms with E-state index in [4.69, 9.17) is 4.74 Å². The van der Waals surface area contributed by atoms with Gasteiger partial charge in [0.05, 0.1) is 12.5 Å². The van der Waals surface area contributed by atoms with Crippen LogP contribution in [0.3, 0.4) is 0 Å². The molecule has 2 aliphatic rings. The topological polar surface area (TPSA) is 41.6 Å². The first-order chi connectivity index (χ1) is 11.1. The molecule has 4 heteroatoms. The van der Waals surface area contributed by atoms with Gasteiger partial charge in [0.2, 0.25) is 5.91 Å². The van der Waals surface area contributed by atoms with Crippen LogP contribution in [0.2, 0.25) is 0 Å². The Morgan fingerprint density at radius 3 is 2.87 bits per heavy atom. The predicted molar refractivity (Wildman–Crippen MR) is 91.9 cm³/mol. The van der Waals surface area contributed by atoms with Crippen LogP contribution < -0.4 is 10.1 Å². The average Bonchev–Trinajstić information content (AvgIpc) is 3.37. The van der Waals surface area contributed by atoms with Crippen molar-refractivity contribution in [3.63, 3.8) is 0 Å². The molecule has 0 spiro atoms. The number of hydrogen-bond acceptors (Lipinski definition) is 3. The molecule has 0 aromatic heterocycles. The molecule has 1 aliphatic carbocycles. The van der Waals surface area contributed by atoms with Crippen molar-refractivity contribution in [1.29, 1.82) is 0 Å². The third kappa shape index (κ3) is 3.09. The van der Waals surface area contributed by atoms with Gasteiger partial charge in [-0.1, -0.05) is 12.1 Å². The van der Waals surface area contributed by atoms with Gasteiger partial charge in [0, 0.05) is 13.1 Å². The van der Waals surface area contributed by atoms with E-state index >= 15 is 0 Å². The molecule has 3 rings (SSSR count). The van der Waals surface area contributed by atoms with Gasteiger partial charge in [-0.15, -0.1) is 0 Å². The summed E-state index contributed by atoms with van der Waals surface area (Å²) in [6.07, 6.45) is 4.26. The van der Waals surface area contributed by atoms with Crippen molar-refractivity contribution in [2.24, 2.45) is 5.92 Å². The van der Waals surface area contributed by atoms with Gasteiger partial charge < -0.3 is 15.0 Å². The molecule has 1 N–H and O–H groups in total. The summed E-state index contributed by atoms with van der Waals surface area (Å²) in [5.74, 6) is 1.79. The maximum Gasteiger partial charge on any atom is 0.233 e. The summed E-state index contributed by atoms with van der Waals surface area (Å²) in [6, 6.07) is 6.24. The highest BCUT2D eigenvalue weighted by atomic mass is 16.5. The number of piperidine rings is 1. The van der Waals surface area contributed by atoms with E-state index in [0.29, 0.717) is 11.8 Å². The van der Waals surface area contributed by atoms with Crippen molar-refractivity contribution < 1.29 is 9.53 Å². The number of rotatable bonds is 5. The number of likely N-dealkylation sites (tertiary alicyclic amines) is 1. The van der Waals surface area contributed by atoms with Gasteiger partial charge >= 0.3 is 0 Å². The third-order valence-corrected chi connectivity index (χ3v) is 5.42. The average molecular weight is 316 g/mol. The van der Waals surface area contributed by atoms with Crippen LogP contribution in [-0.4, -0.2) is 44.6 Å². The van der Waals surface area contributed by atoms with E-state index in [1.54, 1.807) is 7.11 Å². The first-order valence-corrected chi connectivity index (χ1v) is 8.70. The Morgan fingerprint density at radius 1 is 1.43 bits per heavy atom. The van der Waals surface area contributed by atoms with E-state index in [1.165, 1.54) is 6.42 Å². The van der Waals surface area contributed by atoms with Crippen molar-refractivity contribution in [3.8, 4) is 5.75 Å². The molecule has 4 nitrogen and oxygen atoms in total. The minimum atomic E-state index is -0.289. The summed E-state index contributed by atoms with van der Waals surface area (Å²) in [4.78, 5) is 15.3. The number of ether oxygens (including phenoxy) is 1. The molecule has 1 aromatic rings. The second-order valence-electron chi connectivity index (χ2n) is 7.08. The maximum atomic E-state index is 13.2. The van der Waals surface area contributed by atoms with Crippen LogP contribution in [0.5, 0.6) is 5.75 Å². The van der Waals surface area contributed by atoms with Gasteiger partial charge in [0.25, 0.3) is 0 Å². The van der Waals surface area contributed by atoms with Gasteiger partial charge in [0.1, 0.15) is 5.75 Å². The van der Waals surface area contributed by atoms with Crippen LogP contribution in [0, 0.1) is 12.8 Å². The zero-order valence-electron chi connectivity index (χ0n) is 14.5. The van der Waals surface area contributed by atoms with Gasteiger partial charge in [-0.25, -0.2) is 0 Å². The standard InChI is InChI=1S/C19H28N2O2/c1-14-6-7-16(11-17(14)23-3)19(8-9-19)18(22)21-10-4-5-15(13-21)12-20-2/h6-7,11,15,20H,4-5,8-10,12-13H2,1-3H3/t15-/m0/s1. The molecular weight excluding hydrogens is 288 g/mol. The lowest BCUT2D eigenvalue weighted by atomic mass is 9.90. The van der Waals surface area contributed by atoms with Crippen molar-refractivity contribution in [1.82, 2.24) is 10.2 Å². The van der Waals surface area contributed by atoms with E-state index in [-0.39, 0.29) is 5.41 Å². The van der Waals surface area contributed by atoms with Crippen molar-refractivity contribution in [3.05, 3.63) is 29.3 Å². The van der Waals surface area contributed by atoms with E-state index in [1.807, 2.05) is 14.0 Å². The first-order valence-electron chi connectivity index (χ1n) is 8.70. The summed E-state index contributed by atoms with van der Waals surface area (Å²) < 4.78 is 5.45. The number of amides is 1. The molecule has 1 amide bonds. The zero-order valence-corrected chi connectivity index (χ0v) is 14.5. The lowest BCUT2D eigenvalue weighted by Gasteiger charge is -2.35. The van der Waals surface area contributed by atoms with Crippen molar-refractivity contribution >= 4 is 5.91 Å². The fraction of sp³-hybridized carbons (Fsp3) is 0.632. The van der Waals surface area contributed by atoms with Gasteiger partial charge in [0.15, 0.2) is 0 Å². The van der Waals surface area contributed by atoms with Gasteiger partial charge in [-0.05, 0) is 69.3 Å². The largest absolute Gasteiger partial charge is 0.496 e. The molecule has 23 heavy (non-hydrogen) atoms. The van der Waals surface area contributed by atoms with Crippen LogP contribution >= 0.6 is 0 Å². The second kappa shape index (κ2) is 6.52. The summed E-state index contributed by atoms with van der Waals surface area (Å²) in [6.45, 7) is 4.83. The van der Waals surface area contributed by atoms with E-state index in [0.717, 1.165) is 55.8 Å². The first kappa shape index (κ1) is 16.3. The van der Waals surface area contributed by atoms with Gasteiger partial charge in [-0.2, -0.15) is 0 Å². The summed E-state index contributed by atoms with van der Waals surface area (Å²) >= 11 is 0. The Morgan fingerprint density at radius 2 is 2.22 bits per heavy atom. The molecule has 1 heterocycles. The molecule has 1 aliphatic heterocycles. The SMILES string of the molecule is CNC[C@@H]1CCCN(C(=O)C2(c3ccc(C)c(OC)c3)CC2)C1. The van der Waals surface area contributed by atoms with E-state index in [9.17, 15) is 4.79 Å². The van der Waals surface area contributed by atoms with E-state index in [2.05, 4.69) is 28.4 Å². The Kier molecular flexibility index (Phi) is 4.62. The Bertz CT molecular complexity index is 579. The highest BCUT2D eigenvalue weighted by Crippen LogP contribution is 2.50. The smallest absolute Gasteiger partial charge is 0.233 e. The third-order valence-electron chi connectivity index (χ3n) is 5.42. The number of hydrogen-bond donors (Lipinski definition) is 1. The van der Waals surface area contributed by atoms with Crippen molar-refractivity contribution in [2.75, 3.05) is 33.8 Å². The normalized spacial score (nSPS) is 22.7. The minimum absolute atomic E-state index is 0.289. The number of carbonyl (C=O) groups is 1. The molecule has 0 radical (unpaired) electrons. The van der Waals surface area contributed by atoms with Crippen molar-refractivity contribution in [2.45, 2.75) is 38.0 Å². The van der Waals surface area contributed by atoms with Crippen LogP contribution in [0.15, 0.2) is 18.2 Å². The molecule has 1 aromatic carbocycles. The lowest BCUT2D eigenvalue weighted by Crippen LogP contribution is -2.46. The Balaban J connectivity index is 1.78. The van der Waals surface area contributed by atoms with Crippen LogP contribution in [0.4, 0.5) is 0 Å². The van der Waals surface area contributed by atoms with Gasteiger partial charge in [-0.3, -0.25) is 4.79 Å². The quantitative estimate of drug-likeness (QED) is 0.907. The molecule has 1 atom stereocenters. The van der Waals surface area contributed by atoms with E-state index < -0.39 is 0 Å². The number of aryl methyl sites for hydroxylation is 1. The predicted octanol–water partition coefficient (Wildman–Crippen LogP) is 2.49. The number of methoxy groups -OCH3 is 1. The molecular formula is C19H28N2O2. The van der Waals surface area contributed by atoms with Crippen LogP contribution in [0.25, 0.3) is 0 Å². The highest BCUT2D eigenvalue weighted by molar-refractivity contribution is 5.91. The number of carbonyl (C=O) groups excluding carboxylic acids is 1. The number of nitrogens with one attached hydrogen (secondary N) is 1. The second-order valence-corrected chi connectivity index (χ2v) is 7.08. The molecule has 2 fully saturated rings. The molecule has 0 unspecified atom stereocenters. The molecule has 1 saturated carbocycles. The number of benzene rings is 1. The Labute approximate surface area is 139 Å². The monoisotopic (exact) mass is 316 g/mol. The number of nitrogens with zero attached hydrogens (tertiary/aromatic N) is 1. The van der Waals surface area contributed by atoms with Crippen LogP contribution in [-0.2, 0) is 10.2 Å². The van der Waals surface area contributed by atoms with Crippen LogP contribution in [0.1, 0.15) is 36.8 Å². The molecule has 1 saturated heterocycles. The maximum absolute atomic E-state index is 13.2.